The van der Waals surface area contributed by atoms with Crippen molar-refractivity contribution in [2.45, 2.75) is 78.2 Å². The van der Waals surface area contributed by atoms with Crippen LogP contribution in [0, 0.1) is 29.1 Å². The molecule has 0 heterocycles. The van der Waals surface area contributed by atoms with Gasteiger partial charge in [0, 0.05) is 6.04 Å². The molecule has 0 aromatic rings. The molecule has 4 aliphatic rings. The Kier molecular flexibility index (Phi) is 3.95. The third-order valence-electron chi connectivity index (χ3n) is 6.09. The maximum atomic E-state index is 3.79. The molecule has 0 amide bonds. The predicted octanol–water partition coefficient (Wildman–Crippen LogP) is 4.62. The topological polar surface area (TPSA) is 12.0 Å². The summed E-state index contributed by atoms with van der Waals surface area (Å²) in [6.45, 7) is 8.17. The van der Waals surface area contributed by atoms with Crippen molar-refractivity contribution in [1.82, 2.24) is 5.32 Å². The van der Waals surface area contributed by atoms with Gasteiger partial charge in [-0.15, -0.1) is 0 Å². The maximum Gasteiger partial charge on any atom is 0.00746 e. The van der Waals surface area contributed by atoms with Crippen LogP contribution in [-0.2, 0) is 0 Å². The van der Waals surface area contributed by atoms with Gasteiger partial charge in [0.2, 0.25) is 0 Å². The van der Waals surface area contributed by atoms with Crippen molar-refractivity contribution in [2.75, 3.05) is 6.54 Å². The second kappa shape index (κ2) is 5.39. The van der Waals surface area contributed by atoms with E-state index in [1.165, 1.54) is 12.8 Å². The van der Waals surface area contributed by atoms with E-state index in [-0.39, 0.29) is 0 Å². The second-order valence-electron chi connectivity index (χ2n) is 8.51. The fraction of sp³-hybridized carbons (Fsp3) is 1.00. The molecule has 1 heteroatoms. The molecule has 110 valence electrons. The number of hydrogen-bond donors (Lipinski definition) is 1. The summed E-state index contributed by atoms with van der Waals surface area (Å²) < 4.78 is 0. The molecule has 1 N–H and O–H groups in total. The molecule has 0 aromatic carbocycles. The van der Waals surface area contributed by atoms with Gasteiger partial charge in [0.25, 0.3) is 0 Å². The van der Waals surface area contributed by atoms with Gasteiger partial charge in [-0.3, -0.25) is 0 Å². The van der Waals surface area contributed by atoms with Crippen molar-refractivity contribution in [1.29, 1.82) is 0 Å². The Bertz CT molecular complexity index is 272. The minimum Gasteiger partial charge on any atom is -0.314 e. The molecule has 19 heavy (non-hydrogen) atoms. The minimum absolute atomic E-state index is 0.747. The smallest absolute Gasteiger partial charge is 0.00746 e. The zero-order valence-corrected chi connectivity index (χ0v) is 13.3. The first kappa shape index (κ1) is 13.9. The maximum absolute atomic E-state index is 3.79. The molecule has 1 atom stereocenters. The quantitative estimate of drug-likeness (QED) is 0.737. The average Bonchev–Trinajstić information content (AvgIpc) is 2.25. The zero-order valence-electron chi connectivity index (χ0n) is 13.3. The average molecular weight is 263 g/mol. The molecule has 4 rings (SSSR count). The van der Waals surface area contributed by atoms with E-state index in [4.69, 9.17) is 0 Å². The van der Waals surface area contributed by atoms with Crippen LogP contribution in [0.2, 0.25) is 0 Å². The third-order valence-corrected chi connectivity index (χ3v) is 6.09. The van der Waals surface area contributed by atoms with Crippen LogP contribution in [0.4, 0.5) is 0 Å². The van der Waals surface area contributed by atoms with Crippen LogP contribution in [0.1, 0.15) is 72.1 Å². The van der Waals surface area contributed by atoms with E-state index in [0.29, 0.717) is 0 Å². The highest BCUT2D eigenvalue weighted by Gasteiger charge is 2.51. The van der Waals surface area contributed by atoms with E-state index in [2.05, 4.69) is 26.1 Å². The summed E-state index contributed by atoms with van der Waals surface area (Å²) in [6, 6.07) is 0.779. The Labute approximate surface area is 119 Å². The molecule has 1 unspecified atom stereocenters. The summed E-state index contributed by atoms with van der Waals surface area (Å²) in [7, 11) is 0. The van der Waals surface area contributed by atoms with Crippen LogP contribution >= 0.6 is 0 Å². The van der Waals surface area contributed by atoms with Crippen LogP contribution in [0.3, 0.4) is 0 Å². The highest BCUT2D eigenvalue weighted by Crippen LogP contribution is 2.61. The van der Waals surface area contributed by atoms with Gasteiger partial charge in [0.15, 0.2) is 0 Å². The van der Waals surface area contributed by atoms with Crippen LogP contribution < -0.4 is 5.32 Å². The molecular weight excluding hydrogens is 230 g/mol. The summed E-state index contributed by atoms with van der Waals surface area (Å²) in [5.41, 5.74) is 0.747. The van der Waals surface area contributed by atoms with Gasteiger partial charge >= 0.3 is 0 Å². The largest absolute Gasteiger partial charge is 0.314 e. The van der Waals surface area contributed by atoms with Crippen LogP contribution in [0.25, 0.3) is 0 Å². The van der Waals surface area contributed by atoms with Gasteiger partial charge in [-0.25, -0.2) is 0 Å². The molecule has 0 saturated heterocycles. The summed E-state index contributed by atoms with van der Waals surface area (Å²) in [4.78, 5) is 0. The minimum atomic E-state index is 0.747. The van der Waals surface area contributed by atoms with E-state index in [1.807, 2.05) is 0 Å². The van der Waals surface area contributed by atoms with Gasteiger partial charge in [-0.05, 0) is 87.0 Å². The number of rotatable bonds is 6. The Morgan fingerprint density at radius 3 is 1.95 bits per heavy atom. The fourth-order valence-corrected chi connectivity index (χ4v) is 6.16. The first-order valence-electron chi connectivity index (χ1n) is 8.82. The van der Waals surface area contributed by atoms with Crippen molar-refractivity contribution in [2.24, 2.45) is 29.1 Å². The summed E-state index contributed by atoms with van der Waals surface area (Å²) >= 11 is 0. The number of hydrogen-bond acceptors (Lipinski definition) is 1. The van der Waals surface area contributed by atoms with Crippen molar-refractivity contribution in [3.8, 4) is 0 Å². The van der Waals surface area contributed by atoms with E-state index < -0.39 is 0 Å². The summed E-state index contributed by atoms with van der Waals surface area (Å²) in [6.07, 6.45) is 12.3. The lowest BCUT2D eigenvalue weighted by molar-refractivity contribution is -0.0627. The third kappa shape index (κ3) is 3.01. The molecule has 0 aromatic heterocycles. The van der Waals surface area contributed by atoms with Crippen molar-refractivity contribution in [3.63, 3.8) is 0 Å². The van der Waals surface area contributed by atoms with Crippen LogP contribution in [0.5, 0.6) is 0 Å². The molecule has 4 fully saturated rings. The zero-order chi connectivity index (χ0) is 13.5. The van der Waals surface area contributed by atoms with Gasteiger partial charge in [0.05, 0.1) is 0 Å². The van der Waals surface area contributed by atoms with E-state index >= 15 is 0 Å². The van der Waals surface area contributed by atoms with Gasteiger partial charge in [-0.2, -0.15) is 0 Å². The Balaban J connectivity index is 1.66. The van der Waals surface area contributed by atoms with E-state index in [1.54, 1.807) is 38.5 Å². The lowest BCUT2D eigenvalue weighted by atomic mass is 9.48. The Morgan fingerprint density at radius 2 is 1.53 bits per heavy atom. The van der Waals surface area contributed by atoms with Gasteiger partial charge in [0.1, 0.15) is 0 Å². The van der Waals surface area contributed by atoms with Crippen molar-refractivity contribution >= 4 is 0 Å². The first-order chi connectivity index (χ1) is 9.08. The second-order valence-corrected chi connectivity index (χ2v) is 8.51. The first-order valence-corrected chi connectivity index (χ1v) is 8.82. The Hall–Kier alpha value is -0.0400. The molecule has 0 radical (unpaired) electrons. The lowest BCUT2D eigenvalue weighted by Gasteiger charge is -2.58. The molecule has 0 spiro atoms. The van der Waals surface area contributed by atoms with Crippen LogP contribution in [-0.4, -0.2) is 12.6 Å². The number of nitrogens with one attached hydrogen (secondary N) is 1. The molecule has 0 aliphatic heterocycles. The van der Waals surface area contributed by atoms with Crippen molar-refractivity contribution < 1.29 is 0 Å². The normalized spacial score (nSPS) is 42.0. The van der Waals surface area contributed by atoms with Gasteiger partial charge < -0.3 is 5.32 Å². The standard InChI is InChI=1S/C18H33N/c1-4-19-17(5-13(2)3)12-18-9-14-6-15(10-18)8-16(7-14)11-18/h13-17,19H,4-12H2,1-3H3. The highest BCUT2D eigenvalue weighted by molar-refractivity contribution is 5.02. The highest BCUT2D eigenvalue weighted by atomic mass is 14.9. The molecule has 4 bridgehead atoms. The fourth-order valence-electron chi connectivity index (χ4n) is 6.16. The molecule has 1 nitrogen and oxygen atoms in total. The molecule has 4 aliphatic carbocycles. The van der Waals surface area contributed by atoms with E-state index in [0.717, 1.165) is 41.7 Å². The predicted molar refractivity (Wildman–Crippen MR) is 82.1 cm³/mol. The van der Waals surface area contributed by atoms with Crippen molar-refractivity contribution in [3.05, 3.63) is 0 Å². The van der Waals surface area contributed by atoms with Gasteiger partial charge in [-0.1, -0.05) is 20.8 Å². The lowest BCUT2D eigenvalue weighted by Crippen LogP contribution is -2.49. The summed E-state index contributed by atoms with van der Waals surface area (Å²) in [5, 5.41) is 3.79. The molecular formula is C18H33N. The van der Waals surface area contributed by atoms with E-state index in [9.17, 15) is 0 Å². The molecule has 4 saturated carbocycles. The SMILES string of the molecule is CCNC(CC(C)C)CC12CC3CC(CC(C3)C1)C2. The summed E-state index contributed by atoms with van der Waals surface area (Å²) in [5.74, 6) is 4.14. The van der Waals surface area contributed by atoms with Crippen LogP contribution in [0.15, 0.2) is 0 Å². The monoisotopic (exact) mass is 263 g/mol. The Morgan fingerprint density at radius 1 is 1.00 bits per heavy atom.